The predicted molar refractivity (Wildman–Crippen MR) is 102 cm³/mol. The van der Waals surface area contributed by atoms with Crippen molar-refractivity contribution in [1.82, 2.24) is 9.47 Å². The standard InChI is InChI=1S/C20H23N3O3/c1-22(2)14-15-8-3-4-9-16(15)21-19(24)12-7-13-23-17-10-5-6-11-18(17)26-20(23)25/h3-6,8-11H,7,12-14H2,1-2H3,(H,21,24). The quantitative estimate of drug-likeness (QED) is 0.709. The lowest BCUT2D eigenvalue weighted by Crippen LogP contribution is -2.18. The Hall–Kier alpha value is -2.86. The number of nitrogens with zero attached hydrogens (tertiary/aromatic N) is 2. The SMILES string of the molecule is CN(C)Cc1ccccc1NC(=O)CCCn1c(=O)oc2ccccc21. The first-order chi connectivity index (χ1) is 12.5. The summed E-state index contributed by atoms with van der Waals surface area (Å²) >= 11 is 0. The second-order valence-electron chi connectivity index (χ2n) is 6.53. The lowest BCUT2D eigenvalue weighted by Gasteiger charge is -2.14. The number of carbonyl (C=O) groups is 1. The summed E-state index contributed by atoms with van der Waals surface area (Å²) in [7, 11) is 3.98. The topological polar surface area (TPSA) is 67.5 Å². The Kier molecular flexibility index (Phi) is 5.53. The lowest BCUT2D eigenvalue weighted by molar-refractivity contribution is -0.116. The molecule has 6 heteroatoms. The number of nitrogens with one attached hydrogen (secondary N) is 1. The molecule has 0 saturated carbocycles. The highest BCUT2D eigenvalue weighted by Crippen LogP contribution is 2.17. The normalized spacial score (nSPS) is 11.2. The number of oxazole rings is 1. The van der Waals surface area contributed by atoms with Gasteiger partial charge < -0.3 is 14.6 Å². The van der Waals surface area contributed by atoms with E-state index in [1.54, 1.807) is 10.6 Å². The summed E-state index contributed by atoms with van der Waals surface area (Å²) < 4.78 is 6.78. The third-order valence-corrected chi connectivity index (χ3v) is 4.14. The Labute approximate surface area is 152 Å². The molecule has 0 spiro atoms. The summed E-state index contributed by atoms with van der Waals surface area (Å²) in [6.07, 6.45) is 0.896. The molecule has 2 aromatic carbocycles. The maximum atomic E-state index is 12.3. The van der Waals surface area contributed by atoms with Crippen molar-refractivity contribution < 1.29 is 9.21 Å². The molecule has 3 rings (SSSR count). The number of benzene rings is 2. The summed E-state index contributed by atoms with van der Waals surface area (Å²) in [5.74, 6) is -0.444. The summed E-state index contributed by atoms with van der Waals surface area (Å²) in [6.45, 7) is 1.20. The minimum atomic E-state index is -0.386. The number of fused-ring (bicyclic) bond motifs is 1. The highest BCUT2D eigenvalue weighted by atomic mass is 16.4. The van der Waals surface area contributed by atoms with Crippen LogP contribution in [0.4, 0.5) is 5.69 Å². The molecule has 1 amide bonds. The fourth-order valence-corrected chi connectivity index (χ4v) is 2.96. The molecule has 26 heavy (non-hydrogen) atoms. The maximum Gasteiger partial charge on any atom is 0.419 e. The minimum absolute atomic E-state index is 0.0583. The first-order valence-corrected chi connectivity index (χ1v) is 8.65. The molecule has 136 valence electrons. The molecule has 1 N–H and O–H groups in total. The average Bonchev–Trinajstić information content (AvgIpc) is 2.92. The van der Waals surface area contributed by atoms with Gasteiger partial charge in [-0.1, -0.05) is 30.3 Å². The highest BCUT2D eigenvalue weighted by molar-refractivity contribution is 5.91. The van der Waals surface area contributed by atoms with Crippen molar-refractivity contribution in [3.8, 4) is 0 Å². The van der Waals surface area contributed by atoms with E-state index in [0.717, 1.165) is 23.3 Å². The lowest BCUT2D eigenvalue weighted by atomic mass is 10.1. The van der Waals surface area contributed by atoms with Gasteiger partial charge in [0.15, 0.2) is 5.58 Å². The fraction of sp³-hybridized carbons (Fsp3) is 0.300. The summed E-state index contributed by atoms with van der Waals surface area (Å²) in [4.78, 5) is 26.3. The number of anilines is 1. The zero-order chi connectivity index (χ0) is 18.5. The second-order valence-corrected chi connectivity index (χ2v) is 6.53. The van der Waals surface area contributed by atoms with E-state index in [-0.39, 0.29) is 11.7 Å². The molecule has 0 atom stereocenters. The van der Waals surface area contributed by atoms with Crippen molar-refractivity contribution in [3.05, 3.63) is 64.6 Å². The van der Waals surface area contributed by atoms with Gasteiger partial charge in [0, 0.05) is 25.2 Å². The van der Waals surface area contributed by atoms with Gasteiger partial charge in [-0.05, 0) is 44.3 Å². The van der Waals surface area contributed by atoms with Crippen molar-refractivity contribution >= 4 is 22.7 Å². The van der Waals surface area contributed by atoms with Crippen LogP contribution in [-0.2, 0) is 17.9 Å². The zero-order valence-corrected chi connectivity index (χ0v) is 15.1. The van der Waals surface area contributed by atoms with E-state index in [1.807, 2.05) is 56.6 Å². The number of aromatic nitrogens is 1. The van der Waals surface area contributed by atoms with Gasteiger partial charge >= 0.3 is 5.76 Å². The molecule has 0 aliphatic rings. The van der Waals surface area contributed by atoms with Crippen molar-refractivity contribution in [2.24, 2.45) is 0 Å². The molecule has 0 fully saturated rings. The van der Waals surface area contributed by atoms with Crippen LogP contribution in [0.25, 0.3) is 11.1 Å². The van der Waals surface area contributed by atoms with Crippen molar-refractivity contribution in [2.75, 3.05) is 19.4 Å². The highest BCUT2D eigenvalue weighted by Gasteiger charge is 2.10. The molecule has 0 radical (unpaired) electrons. The van der Waals surface area contributed by atoms with E-state index < -0.39 is 0 Å². The van der Waals surface area contributed by atoms with E-state index in [4.69, 9.17) is 4.42 Å². The fourth-order valence-electron chi connectivity index (χ4n) is 2.96. The first-order valence-electron chi connectivity index (χ1n) is 8.65. The maximum absolute atomic E-state index is 12.3. The molecule has 0 unspecified atom stereocenters. The molecule has 6 nitrogen and oxygen atoms in total. The Morgan fingerprint density at radius 3 is 2.65 bits per heavy atom. The van der Waals surface area contributed by atoms with Crippen LogP contribution in [0.1, 0.15) is 18.4 Å². The van der Waals surface area contributed by atoms with Crippen LogP contribution in [0.2, 0.25) is 0 Å². The Morgan fingerprint density at radius 1 is 1.12 bits per heavy atom. The minimum Gasteiger partial charge on any atom is -0.408 e. The van der Waals surface area contributed by atoms with E-state index in [2.05, 4.69) is 10.2 Å². The van der Waals surface area contributed by atoms with E-state index in [9.17, 15) is 9.59 Å². The van der Waals surface area contributed by atoms with Crippen LogP contribution >= 0.6 is 0 Å². The van der Waals surface area contributed by atoms with Gasteiger partial charge in [0.05, 0.1) is 5.52 Å². The average molecular weight is 353 g/mol. The number of rotatable bonds is 7. The number of hydrogen-bond donors (Lipinski definition) is 1. The molecule has 0 aliphatic carbocycles. The Balaban J connectivity index is 1.60. The van der Waals surface area contributed by atoms with E-state index >= 15 is 0 Å². The van der Waals surface area contributed by atoms with E-state index in [0.29, 0.717) is 25.0 Å². The third kappa shape index (κ3) is 4.21. The van der Waals surface area contributed by atoms with Crippen molar-refractivity contribution in [1.29, 1.82) is 0 Å². The number of aryl methyl sites for hydroxylation is 1. The smallest absolute Gasteiger partial charge is 0.408 e. The van der Waals surface area contributed by atoms with Crippen LogP contribution in [0.15, 0.2) is 57.7 Å². The molecular formula is C20H23N3O3. The molecule has 0 aliphatic heterocycles. The Bertz CT molecular complexity index is 956. The van der Waals surface area contributed by atoms with Gasteiger partial charge in [-0.3, -0.25) is 9.36 Å². The van der Waals surface area contributed by atoms with Gasteiger partial charge in [0.1, 0.15) is 0 Å². The summed E-state index contributed by atoms with van der Waals surface area (Å²) in [5.41, 5.74) is 3.23. The molecule has 1 heterocycles. The molecule has 0 saturated heterocycles. The number of amides is 1. The van der Waals surface area contributed by atoms with Crippen LogP contribution in [0.5, 0.6) is 0 Å². The third-order valence-electron chi connectivity index (χ3n) is 4.14. The van der Waals surface area contributed by atoms with Gasteiger partial charge in [-0.2, -0.15) is 0 Å². The monoisotopic (exact) mass is 353 g/mol. The Morgan fingerprint density at radius 2 is 1.85 bits per heavy atom. The molecule has 0 bridgehead atoms. The van der Waals surface area contributed by atoms with Crippen molar-refractivity contribution in [3.63, 3.8) is 0 Å². The molecule has 1 aromatic heterocycles. The summed E-state index contributed by atoms with van der Waals surface area (Å²) in [6, 6.07) is 15.1. The number of carbonyl (C=O) groups excluding carboxylic acids is 1. The van der Waals surface area contributed by atoms with Crippen LogP contribution < -0.4 is 11.1 Å². The predicted octanol–water partition coefficient (Wildman–Crippen LogP) is 3.08. The zero-order valence-electron chi connectivity index (χ0n) is 15.1. The second kappa shape index (κ2) is 8.01. The largest absolute Gasteiger partial charge is 0.419 e. The van der Waals surface area contributed by atoms with Gasteiger partial charge in [0.25, 0.3) is 0 Å². The molecule has 3 aromatic rings. The number of hydrogen-bond acceptors (Lipinski definition) is 4. The first kappa shape index (κ1) is 17.9. The van der Waals surface area contributed by atoms with E-state index in [1.165, 1.54) is 0 Å². The van der Waals surface area contributed by atoms with Gasteiger partial charge in [-0.25, -0.2) is 4.79 Å². The van der Waals surface area contributed by atoms with Gasteiger partial charge in [0.2, 0.25) is 5.91 Å². The van der Waals surface area contributed by atoms with Gasteiger partial charge in [-0.15, -0.1) is 0 Å². The molecular weight excluding hydrogens is 330 g/mol. The van der Waals surface area contributed by atoms with Crippen LogP contribution in [-0.4, -0.2) is 29.5 Å². The van der Waals surface area contributed by atoms with Crippen molar-refractivity contribution in [2.45, 2.75) is 25.9 Å². The van der Waals surface area contributed by atoms with Crippen LogP contribution in [0, 0.1) is 0 Å². The van der Waals surface area contributed by atoms with Crippen LogP contribution in [0.3, 0.4) is 0 Å². The number of para-hydroxylation sites is 3. The summed E-state index contributed by atoms with van der Waals surface area (Å²) in [5, 5.41) is 2.97.